The molecule has 7 heteroatoms. The molecule has 23 heavy (non-hydrogen) atoms. The number of amides is 2. The van der Waals surface area contributed by atoms with E-state index in [1.165, 1.54) is 0 Å². The lowest BCUT2D eigenvalue weighted by atomic mass is 10.1. The quantitative estimate of drug-likeness (QED) is 0.880. The lowest BCUT2D eigenvalue weighted by Crippen LogP contribution is -2.60. The molecule has 2 aliphatic heterocycles. The Hall–Kier alpha value is -1.60. The number of hydrogen-bond donors (Lipinski definition) is 1. The third-order valence-electron chi connectivity index (χ3n) is 4.80. The number of benzene rings is 1. The van der Waals surface area contributed by atoms with Crippen LogP contribution < -0.4 is 5.32 Å². The van der Waals surface area contributed by atoms with E-state index in [0.717, 1.165) is 17.7 Å². The summed E-state index contributed by atoms with van der Waals surface area (Å²) >= 11 is 0. The third-order valence-corrected chi connectivity index (χ3v) is 6.50. The van der Waals surface area contributed by atoms with Crippen molar-refractivity contribution in [3.63, 3.8) is 0 Å². The molecule has 1 aromatic carbocycles. The van der Waals surface area contributed by atoms with Crippen LogP contribution in [-0.2, 0) is 16.3 Å². The molecule has 0 aliphatic carbocycles. The number of hydrogen-bond acceptors (Lipinski definition) is 4. The van der Waals surface area contributed by atoms with Crippen molar-refractivity contribution in [3.8, 4) is 0 Å². The number of anilines is 1. The maximum Gasteiger partial charge on any atom is 0.322 e. The molecule has 2 atom stereocenters. The number of urea groups is 1. The maximum atomic E-state index is 12.6. The van der Waals surface area contributed by atoms with E-state index in [0.29, 0.717) is 13.1 Å². The summed E-state index contributed by atoms with van der Waals surface area (Å²) in [5.74, 6) is 0.202. The fourth-order valence-electron chi connectivity index (χ4n) is 3.44. The van der Waals surface area contributed by atoms with Gasteiger partial charge in [-0.05, 0) is 31.2 Å². The molecule has 2 amide bonds. The van der Waals surface area contributed by atoms with Gasteiger partial charge in [0.15, 0.2) is 9.84 Å². The van der Waals surface area contributed by atoms with Gasteiger partial charge in [0.1, 0.15) is 0 Å². The average molecular weight is 337 g/mol. The van der Waals surface area contributed by atoms with Crippen molar-refractivity contribution in [1.29, 1.82) is 0 Å². The second kappa shape index (κ2) is 6.13. The first-order valence-corrected chi connectivity index (χ1v) is 9.79. The Morgan fingerprint density at radius 1 is 1.26 bits per heavy atom. The van der Waals surface area contributed by atoms with Gasteiger partial charge >= 0.3 is 6.03 Å². The van der Waals surface area contributed by atoms with Crippen LogP contribution in [-0.4, -0.2) is 68.0 Å². The molecule has 0 bridgehead atoms. The SMILES string of the molecule is CCc1cccc(NC(=O)N2CCN(C)C3CS(=O)(=O)CC32)c1. The lowest BCUT2D eigenvalue weighted by Gasteiger charge is -2.42. The molecule has 3 rings (SSSR count). The van der Waals surface area contributed by atoms with Crippen LogP contribution >= 0.6 is 0 Å². The summed E-state index contributed by atoms with van der Waals surface area (Å²) in [7, 11) is -1.15. The van der Waals surface area contributed by atoms with Gasteiger partial charge in [0.2, 0.25) is 0 Å². The highest BCUT2D eigenvalue weighted by molar-refractivity contribution is 7.91. The number of sulfone groups is 1. The van der Waals surface area contributed by atoms with Crippen molar-refractivity contribution in [2.75, 3.05) is 37.0 Å². The standard InChI is InChI=1S/C16H23N3O3S/c1-3-12-5-4-6-13(9-12)17-16(20)19-8-7-18(2)14-10-23(21,22)11-15(14)19/h4-6,9,14-15H,3,7-8,10-11H2,1-2H3,(H,17,20). The number of piperazine rings is 1. The monoisotopic (exact) mass is 337 g/mol. The second-order valence-corrected chi connectivity index (χ2v) is 8.52. The summed E-state index contributed by atoms with van der Waals surface area (Å²) in [5, 5.41) is 2.91. The molecule has 2 unspecified atom stereocenters. The molecular weight excluding hydrogens is 314 g/mol. The molecule has 1 aromatic rings. The Bertz CT molecular complexity index is 704. The van der Waals surface area contributed by atoms with Crippen LogP contribution in [0.2, 0.25) is 0 Å². The zero-order chi connectivity index (χ0) is 16.6. The highest BCUT2D eigenvalue weighted by Gasteiger charge is 2.46. The minimum absolute atomic E-state index is 0.0599. The minimum Gasteiger partial charge on any atom is -0.318 e. The van der Waals surface area contributed by atoms with E-state index in [1.54, 1.807) is 4.90 Å². The largest absolute Gasteiger partial charge is 0.322 e. The first-order valence-electron chi connectivity index (χ1n) is 7.97. The normalized spacial score (nSPS) is 26.8. The smallest absolute Gasteiger partial charge is 0.318 e. The number of fused-ring (bicyclic) bond motifs is 1. The number of rotatable bonds is 2. The average Bonchev–Trinajstić information content (AvgIpc) is 2.83. The van der Waals surface area contributed by atoms with E-state index in [4.69, 9.17) is 0 Å². The molecule has 2 aliphatic rings. The molecule has 1 N–H and O–H groups in total. The Balaban J connectivity index is 1.76. The Morgan fingerprint density at radius 2 is 2.00 bits per heavy atom. The highest BCUT2D eigenvalue weighted by Crippen LogP contribution is 2.26. The third kappa shape index (κ3) is 3.35. The fraction of sp³-hybridized carbons (Fsp3) is 0.562. The van der Waals surface area contributed by atoms with E-state index in [1.807, 2.05) is 31.3 Å². The van der Waals surface area contributed by atoms with Crippen molar-refractivity contribution < 1.29 is 13.2 Å². The summed E-state index contributed by atoms with van der Waals surface area (Å²) in [6.45, 7) is 3.31. The summed E-state index contributed by atoms with van der Waals surface area (Å²) < 4.78 is 23.9. The number of carbonyl (C=O) groups is 1. The first-order chi connectivity index (χ1) is 10.9. The van der Waals surface area contributed by atoms with Gasteiger partial charge < -0.3 is 10.2 Å². The van der Waals surface area contributed by atoms with Crippen LogP contribution in [0.15, 0.2) is 24.3 Å². The van der Waals surface area contributed by atoms with Gasteiger partial charge in [-0.25, -0.2) is 13.2 Å². The molecule has 0 spiro atoms. The fourth-order valence-corrected chi connectivity index (χ4v) is 5.50. The van der Waals surface area contributed by atoms with Crippen LogP contribution in [0.1, 0.15) is 12.5 Å². The molecule has 2 saturated heterocycles. The van der Waals surface area contributed by atoms with Crippen molar-refractivity contribution in [1.82, 2.24) is 9.80 Å². The maximum absolute atomic E-state index is 12.6. The van der Waals surface area contributed by atoms with Gasteiger partial charge in [-0.3, -0.25) is 4.90 Å². The minimum atomic E-state index is -3.08. The van der Waals surface area contributed by atoms with Gasteiger partial charge in [-0.1, -0.05) is 19.1 Å². The van der Waals surface area contributed by atoms with E-state index in [-0.39, 0.29) is 29.6 Å². The molecule has 2 heterocycles. The van der Waals surface area contributed by atoms with E-state index < -0.39 is 9.84 Å². The summed E-state index contributed by atoms with van der Waals surface area (Å²) in [6, 6.07) is 7.19. The van der Waals surface area contributed by atoms with Crippen molar-refractivity contribution >= 4 is 21.6 Å². The summed E-state index contributed by atoms with van der Waals surface area (Å²) in [5.41, 5.74) is 1.91. The van der Waals surface area contributed by atoms with Crippen LogP contribution in [0, 0.1) is 0 Å². The van der Waals surface area contributed by atoms with Gasteiger partial charge in [0.05, 0.1) is 17.5 Å². The number of aryl methyl sites for hydroxylation is 1. The topological polar surface area (TPSA) is 69.7 Å². The van der Waals surface area contributed by atoms with Crippen LogP contribution in [0.25, 0.3) is 0 Å². The predicted octanol–water partition coefficient (Wildman–Crippen LogP) is 1.19. The zero-order valence-corrected chi connectivity index (χ0v) is 14.3. The Morgan fingerprint density at radius 3 is 2.74 bits per heavy atom. The van der Waals surface area contributed by atoms with Gasteiger partial charge in [-0.15, -0.1) is 0 Å². The molecule has 0 radical (unpaired) electrons. The number of nitrogens with one attached hydrogen (secondary N) is 1. The van der Waals surface area contributed by atoms with E-state index >= 15 is 0 Å². The predicted molar refractivity (Wildman–Crippen MR) is 90.4 cm³/mol. The van der Waals surface area contributed by atoms with E-state index in [2.05, 4.69) is 17.1 Å². The van der Waals surface area contributed by atoms with Gasteiger partial charge in [-0.2, -0.15) is 0 Å². The molecular formula is C16H23N3O3S. The van der Waals surface area contributed by atoms with Crippen LogP contribution in [0.5, 0.6) is 0 Å². The van der Waals surface area contributed by atoms with Crippen molar-refractivity contribution in [3.05, 3.63) is 29.8 Å². The van der Waals surface area contributed by atoms with Crippen molar-refractivity contribution in [2.45, 2.75) is 25.4 Å². The van der Waals surface area contributed by atoms with Gasteiger partial charge in [0, 0.05) is 24.8 Å². The molecule has 6 nitrogen and oxygen atoms in total. The Labute approximate surface area is 137 Å². The number of nitrogens with zero attached hydrogens (tertiary/aromatic N) is 2. The molecule has 126 valence electrons. The molecule has 0 aromatic heterocycles. The molecule has 0 saturated carbocycles. The van der Waals surface area contributed by atoms with Crippen LogP contribution in [0.4, 0.5) is 10.5 Å². The first kappa shape index (κ1) is 16.3. The number of likely N-dealkylation sites (N-methyl/N-ethyl adjacent to an activating group) is 1. The van der Waals surface area contributed by atoms with E-state index in [9.17, 15) is 13.2 Å². The van der Waals surface area contributed by atoms with Crippen molar-refractivity contribution in [2.24, 2.45) is 0 Å². The Kier molecular flexibility index (Phi) is 4.33. The lowest BCUT2D eigenvalue weighted by molar-refractivity contribution is 0.0893. The number of carbonyl (C=O) groups excluding carboxylic acids is 1. The summed E-state index contributed by atoms with van der Waals surface area (Å²) in [6.07, 6.45) is 0.904. The van der Waals surface area contributed by atoms with Crippen LogP contribution in [0.3, 0.4) is 0 Å². The molecule has 2 fully saturated rings. The highest BCUT2D eigenvalue weighted by atomic mass is 32.2. The zero-order valence-electron chi connectivity index (χ0n) is 13.5. The van der Waals surface area contributed by atoms with Gasteiger partial charge in [0.25, 0.3) is 0 Å². The second-order valence-electron chi connectivity index (χ2n) is 6.37. The summed E-state index contributed by atoms with van der Waals surface area (Å²) in [4.78, 5) is 16.4.